The average Bonchev–Trinajstić information content (AvgIpc) is 3.33. The van der Waals surface area contributed by atoms with Crippen molar-refractivity contribution >= 4 is 46.0 Å². The highest BCUT2D eigenvalue weighted by molar-refractivity contribution is 7.99. The van der Waals surface area contributed by atoms with E-state index in [2.05, 4.69) is 20.2 Å². The number of amides is 1. The topological polar surface area (TPSA) is 147 Å². The summed E-state index contributed by atoms with van der Waals surface area (Å²) in [4.78, 5) is 46.7. The Balaban J connectivity index is 1.67. The molecule has 4 rings (SSSR count). The molecule has 0 bridgehead atoms. The number of imidazole rings is 1. The predicted molar refractivity (Wildman–Crippen MR) is 133 cm³/mol. The van der Waals surface area contributed by atoms with Gasteiger partial charge in [0.2, 0.25) is 11.7 Å². The minimum absolute atomic E-state index is 0.000180. The quantitative estimate of drug-likeness (QED) is 0.324. The lowest BCUT2D eigenvalue weighted by Crippen LogP contribution is -2.43. The molecule has 0 aliphatic heterocycles. The molecular formula is C22H28N8O3S. The zero-order chi connectivity index (χ0) is 24.6. The first kappa shape index (κ1) is 23.6. The summed E-state index contributed by atoms with van der Waals surface area (Å²) < 4.78 is 3.16. The first-order valence-corrected chi connectivity index (χ1v) is 12.0. The number of rotatable bonds is 8. The van der Waals surface area contributed by atoms with Crippen molar-refractivity contribution in [3.8, 4) is 0 Å². The fraction of sp³-hybridized carbons (Fsp3) is 0.409. The van der Waals surface area contributed by atoms with Gasteiger partial charge in [0, 0.05) is 13.1 Å². The first-order chi connectivity index (χ1) is 16.2. The maximum absolute atomic E-state index is 13.4. The van der Waals surface area contributed by atoms with Crippen molar-refractivity contribution in [2.24, 2.45) is 11.8 Å². The number of thioether (sulfide) groups is 1. The molecule has 12 heteroatoms. The molecule has 0 unspecified atom stereocenters. The number of para-hydroxylation sites is 2. The van der Waals surface area contributed by atoms with E-state index in [0.29, 0.717) is 17.5 Å². The Hall–Kier alpha value is -3.54. The van der Waals surface area contributed by atoms with Crippen LogP contribution >= 0.6 is 11.8 Å². The Morgan fingerprint density at radius 2 is 1.91 bits per heavy atom. The lowest BCUT2D eigenvalue weighted by Gasteiger charge is -2.26. The number of hydrogen-bond donors (Lipinski definition) is 3. The molecular weight excluding hydrogens is 456 g/mol. The number of hydrogen-bond acceptors (Lipinski definition) is 7. The Kier molecular flexibility index (Phi) is 6.51. The highest BCUT2D eigenvalue weighted by Gasteiger charge is 2.26. The van der Waals surface area contributed by atoms with Crippen molar-refractivity contribution in [3.05, 3.63) is 45.1 Å². The fourth-order valence-electron chi connectivity index (χ4n) is 3.81. The van der Waals surface area contributed by atoms with Crippen LogP contribution in [0.4, 0.5) is 11.5 Å². The van der Waals surface area contributed by atoms with Crippen LogP contribution in [0.2, 0.25) is 0 Å². The number of nitrogens with two attached hydrogens (primary N) is 1. The monoisotopic (exact) mass is 484 g/mol. The van der Waals surface area contributed by atoms with Crippen molar-refractivity contribution in [1.29, 1.82) is 0 Å². The van der Waals surface area contributed by atoms with Crippen molar-refractivity contribution in [1.82, 2.24) is 29.1 Å². The molecule has 1 aromatic carbocycles. The van der Waals surface area contributed by atoms with E-state index in [0.717, 1.165) is 11.0 Å². The van der Waals surface area contributed by atoms with E-state index in [1.165, 1.54) is 21.2 Å². The van der Waals surface area contributed by atoms with Crippen LogP contribution in [0.3, 0.4) is 0 Å². The van der Waals surface area contributed by atoms with Crippen LogP contribution in [0.15, 0.2) is 39.0 Å². The summed E-state index contributed by atoms with van der Waals surface area (Å²) in [6, 6.07) is 7.65. The van der Waals surface area contributed by atoms with Crippen LogP contribution in [-0.4, -0.2) is 47.3 Å². The SMILES string of the molecule is CC(C)CN(C(=O)CSc1n[nH]c2nc3ccccc3n12)c1c(N)n(CC(C)C)c(=O)[nH]c1=O. The van der Waals surface area contributed by atoms with Gasteiger partial charge in [-0.05, 0) is 24.0 Å². The third kappa shape index (κ3) is 4.45. The molecule has 0 fully saturated rings. The van der Waals surface area contributed by atoms with E-state index < -0.39 is 11.2 Å². The molecule has 0 aliphatic rings. The number of carbonyl (C=O) groups excluding carboxylic acids is 1. The van der Waals surface area contributed by atoms with Gasteiger partial charge in [-0.3, -0.25) is 23.5 Å². The normalized spacial score (nSPS) is 11.8. The van der Waals surface area contributed by atoms with E-state index in [9.17, 15) is 14.4 Å². The zero-order valence-electron chi connectivity index (χ0n) is 19.5. The number of H-pyrrole nitrogens is 2. The number of benzene rings is 1. The number of nitrogens with zero attached hydrogens (tertiary/aromatic N) is 5. The number of nitrogens with one attached hydrogen (secondary N) is 2. The Labute approximate surface area is 199 Å². The van der Waals surface area contributed by atoms with Crippen LogP contribution < -0.4 is 21.9 Å². The molecule has 0 saturated heterocycles. The lowest BCUT2D eigenvalue weighted by molar-refractivity contribution is -0.116. The van der Waals surface area contributed by atoms with Gasteiger partial charge in [0.15, 0.2) is 10.8 Å². The summed E-state index contributed by atoms with van der Waals surface area (Å²) in [5, 5.41) is 7.76. The molecule has 0 spiro atoms. The molecule has 3 heterocycles. The maximum Gasteiger partial charge on any atom is 0.330 e. The summed E-state index contributed by atoms with van der Waals surface area (Å²) in [6.45, 7) is 8.36. The number of aromatic nitrogens is 6. The third-order valence-corrected chi connectivity index (χ3v) is 6.13. The van der Waals surface area contributed by atoms with Gasteiger partial charge in [0.05, 0.1) is 16.8 Å². The molecule has 11 nitrogen and oxygen atoms in total. The third-order valence-electron chi connectivity index (χ3n) is 5.21. The summed E-state index contributed by atoms with van der Waals surface area (Å²) in [6.07, 6.45) is 0. The Morgan fingerprint density at radius 1 is 1.18 bits per heavy atom. The highest BCUT2D eigenvalue weighted by Crippen LogP contribution is 2.25. The van der Waals surface area contributed by atoms with Gasteiger partial charge in [-0.15, -0.1) is 5.10 Å². The Morgan fingerprint density at radius 3 is 2.62 bits per heavy atom. The predicted octanol–water partition coefficient (Wildman–Crippen LogP) is 2.08. The van der Waals surface area contributed by atoms with Gasteiger partial charge in [-0.2, -0.15) is 0 Å². The lowest BCUT2D eigenvalue weighted by atomic mass is 10.2. The average molecular weight is 485 g/mol. The van der Waals surface area contributed by atoms with Crippen LogP contribution in [0.5, 0.6) is 0 Å². The largest absolute Gasteiger partial charge is 0.383 e. The molecule has 4 N–H and O–H groups in total. The van der Waals surface area contributed by atoms with E-state index in [-0.39, 0.29) is 41.5 Å². The first-order valence-electron chi connectivity index (χ1n) is 11.0. The van der Waals surface area contributed by atoms with Crippen molar-refractivity contribution < 1.29 is 4.79 Å². The van der Waals surface area contributed by atoms with Gasteiger partial charge in [-0.25, -0.2) is 14.9 Å². The van der Waals surface area contributed by atoms with Gasteiger partial charge >= 0.3 is 5.69 Å². The second-order valence-electron chi connectivity index (χ2n) is 8.95. The molecule has 0 atom stereocenters. The minimum Gasteiger partial charge on any atom is -0.383 e. The number of anilines is 2. The van der Waals surface area contributed by atoms with E-state index >= 15 is 0 Å². The molecule has 1 amide bonds. The van der Waals surface area contributed by atoms with Crippen LogP contribution in [0, 0.1) is 11.8 Å². The smallest absolute Gasteiger partial charge is 0.330 e. The number of nitrogen functional groups attached to an aromatic ring is 1. The van der Waals surface area contributed by atoms with Crippen molar-refractivity contribution in [3.63, 3.8) is 0 Å². The number of carbonyl (C=O) groups is 1. The maximum atomic E-state index is 13.4. The minimum atomic E-state index is -0.677. The zero-order valence-corrected chi connectivity index (χ0v) is 20.3. The van der Waals surface area contributed by atoms with E-state index in [1.807, 2.05) is 56.4 Å². The molecule has 34 heavy (non-hydrogen) atoms. The summed E-state index contributed by atoms with van der Waals surface area (Å²) in [5.41, 5.74) is 6.70. The van der Waals surface area contributed by atoms with Crippen molar-refractivity contribution in [2.75, 3.05) is 22.9 Å². The van der Waals surface area contributed by atoms with Gasteiger partial charge in [-0.1, -0.05) is 51.6 Å². The van der Waals surface area contributed by atoms with Gasteiger partial charge in [0.25, 0.3) is 5.56 Å². The van der Waals surface area contributed by atoms with Crippen molar-refractivity contribution in [2.45, 2.75) is 39.4 Å². The Bertz CT molecular complexity index is 1460. The van der Waals surface area contributed by atoms with E-state index in [1.54, 1.807) is 0 Å². The molecule has 0 saturated carbocycles. The molecule has 3 aromatic heterocycles. The fourth-order valence-corrected chi connectivity index (χ4v) is 4.64. The van der Waals surface area contributed by atoms with E-state index in [4.69, 9.17) is 5.73 Å². The molecule has 4 aromatic rings. The van der Waals surface area contributed by atoms with Gasteiger partial charge in [0.1, 0.15) is 5.82 Å². The summed E-state index contributed by atoms with van der Waals surface area (Å²) >= 11 is 1.23. The molecule has 0 aliphatic carbocycles. The number of aromatic amines is 2. The van der Waals surface area contributed by atoms with Crippen LogP contribution in [0.1, 0.15) is 27.7 Å². The van der Waals surface area contributed by atoms with Gasteiger partial charge < -0.3 is 10.6 Å². The second-order valence-corrected chi connectivity index (χ2v) is 9.89. The standard InChI is InChI=1S/C22H28N8O3S/c1-12(2)9-28(17-18(23)29(10-13(3)4)21(33)25-19(17)32)16(31)11-34-22-27-26-20-24-14-7-5-6-8-15(14)30(20)22/h5-8,12-13H,9-11,23H2,1-4H3,(H,24,26)(H,25,32,33). The summed E-state index contributed by atoms with van der Waals surface area (Å²) in [7, 11) is 0. The van der Waals surface area contributed by atoms with Crippen LogP contribution in [-0.2, 0) is 11.3 Å². The second kappa shape index (κ2) is 9.37. The van der Waals surface area contributed by atoms with Crippen LogP contribution in [0.25, 0.3) is 16.8 Å². The number of fused-ring (bicyclic) bond motifs is 3. The summed E-state index contributed by atoms with van der Waals surface area (Å²) in [5.74, 6) is 0.456. The molecule has 180 valence electrons. The molecule has 0 radical (unpaired) electrons. The highest BCUT2D eigenvalue weighted by atomic mass is 32.2.